The highest BCUT2D eigenvalue weighted by atomic mass is 32.2. The van der Waals surface area contributed by atoms with E-state index in [1.54, 1.807) is 11.8 Å². The fourth-order valence-corrected chi connectivity index (χ4v) is 4.72. The lowest BCUT2D eigenvalue weighted by Crippen LogP contribution is -2.07. The summed E-state index contributed by atoms with van der Waals surface area (Å²) in [6.45, 7) is 0.0374. The molecule has 0 saturated heterocycles. The lowest BCUT2D eigenvalue weighted by atomic mass is 10.2. The summed E-state index contributed by atoms with van der Waals surface area (Å²) in [5.74, 6) is 0.986. The second-order valence-electron chi connectivity index (χ2n) is 4.87. The molecular formula is C13H22NO6P2S+. The van der Waals surface area contributed by atoms with E-state index >= 15 is 0 Å². The predicted octanol–water partition coefficient (Wildman–Crippen LogP) is 2.61. The van der Waals surface area contributed by atoms with Crippen molar-refractivity contribution >= 4 is 32.5 Å². The molecule has 0 heterocycles. The van der Waals surface area contributed by atoms with Gasteiger partial charge in [0.15, 0.2) is 0 Å². The third-order valence-corrected chi connectivity index (χ3v) is 6.87. The molecule has 0 amide bonds. The number of unbranched alkanes of at least 4 members (excludes halogenated alkanes) is 3. The highest BCUT2D eigenvalue weighted by molar-refractivity contribution is 8.00. The van der Waals surface area contributed by atoms with E-state index in [-0.39, 0.29) is 6.54 Å². The van der Waals surface area contributed by atoms with Crippen molar-refractivity contribution in [2.75, 3.05) is 12.3 Å². The first-order valence-electron chi connectivity index (χ1n) is 7.07. The molecule has 0 unspecified atom stereocenters. The van der Waals surface area contributed by atoms with Crippen LogP contribution in [0, 0.1) is 0 Å². The Morgan fingerprint density at radius 2 is 1.65 bits per heavy atom. The Kier molecular flexibility index (Phi) is 8.90. The summed E-state index contributed by atoms with van der Waals surface area (Å²) in [4.78, 5) is 49.5. The van der Waals surface area contributed by atoms with Gasteiger partial charge in [0.25, 0.3) is 0 Å². The highest BCUT2D eigenvalue weighted by Gasteiger charge is 2.51. The van der Waals surface area contributed by atoms with E-state index in [0.29, 0.717) is 6.42 Å². The highest BCUT2D eigenvalue weighted by Crippen LogP contribution is 2.60. The van der Waals surface area contributed by atoms with E-state index in [1.165, 1.54) is 4.90 Å². The minimum atomic E-state index is -4.95. The van der Waals surface area contributed by atoms with Gasteiger partial charge in [-0.3, -0.25) is 0 Å². The maximum Gasteiger partial charge on any atom is 0.469 e. The zero-order valence-electron chi connectivity index (χ0n) is 12.5. The molecule has 0 atom stereocenters. The van der Waals surface area contributed by atoms with Crippen LogP contribution in [-0.2, 0) is 4.57 Å². The van der Waals surface area contributed by atoms with Crippen LogP contribution < -0.4 is 0 Å². The monoisotopic (exact) mass is 382 g/mol. The second-order valence-corrected chi connectivity index (χ2v) is 9.46. The van der Waals surface area contributed by atoms with Gasteiger partial charge in [-0.05, 0) is 30.7 Å². The van der Waals surface area contributed by atoms with Gasteiger partial charge in [0.05, 0.1) is 0 Å². The van der Waals surface area contributed by atoms with Gasteiger partial charge in [-0.2, -0.15) is 14.7 Å². The van der Waals surface area contributed by atoms with Gasteiger partial charge < -0.3 is 9.79 Å². The fraction of sp³-hybridized carbons (Fsp3) is 0.462. The molecule has 5 N–H and O–H groups in total. The average Bonchev–Trinajstić information content (AvgIpc) is 2.44. The number of thioether (sulfide) groups is 1. The Balaban J connectivity index is 2.21. The molecule has 0 aliphatic heterocycles. The minimum absolute atomic E-state index is 0.0374. The number of aliphatic imine (C=N–C) groups is 1. The topological polar surface area (TPSA) is 131 Å². The molecule has 10 heteroatoms. The van der Waals surface area contributed by atoms with Crippen LogP contribution in [0.1, 0.15) is 25.7 Å². The molecule has 0 aromatic heterocycles. The molecule has 1 aromatic rings. The smallest absolute Gasteiger partial charge is 0.317 e. The van der Waals surface area contributed by atoms with Gasteiger partial charge in [-0.25, -0.2) is 9.56 Å². The first-order valence-corrected chi connectivity index (χ1v) is 11.3. The average molecular weight is 382 g/mol. The zero-order chi connectivity index (χ0) is 17.3. The van der Waals surface area contributed by atoms with Crippen molar-refractivity contribution in [3.8, 4) is 0 Å². The molecule has 0 radical (unpaired) electrons. The van der Waals surface area contributed by atoms with Crippen LogP contribution in [0.5, 0.6) is 0 Å². The normalized spacial score (nSPS) is 13.3. The van der Waals surface area contributed by atoms with Crippen LogP contribution >= 0.6 is 27.3 Å². The van der Waals surface area contributed by atoms with Crippen LogP contribution in [-0.4, -0.2) is 42.0 Å². The predicted molar refractivity (Wildman–Crippen MR) is 93.6 cm³/mol. The van der Waals surface area contributed by atoms with E-state index in [1.807, 2.05) is 18.2 Å². The van der Waals surface area contributed by atoms with Crippen LogP contribution in [0.2, 0.25) is 0 Å². The van der Waals surface area contributed by atoms with Crippen molar-refractivity contribution in [2.24, 2.45) is 4.99 Å². The summed E-state index contributed by atoms with van der Waals surface area (Å²) in [6, 6.07) is 10.1. The lowest BCUT2D eigenvalue weighted by molar-refractivity contribution is 0.348. The third-order valence-electron chi connectivity index (χ3n) is 2.85. The van der Waals surface area contributed by atoms with Gasteiger partial charge in [-0.15, -0.1) is 11.8 Å². The van der Waals surface area contributed by atoms with E-state index in [9.17, 15) is 4.57 Å². The van der Waals surface area contributed by atoms with E-state index in [4.69, 9.17) is 24.5 Å². The van der Waals surface area contributed by atoms with Crippen molar-refractivity contribution in [3.05, 3.63) is 30.3 Å². The van der Waals surface area contributed by atoms with Gasteiger partial charge >= 0.3 is 20.7 Å². The molecule has 0 aliphatic rings. The standard InChI is InChI=1S/C13H21NO6P2S/c15-21(16,17)13(22(18,19)20)14-10-6-1-2-7-11-23-12-8-4-3-5-9-12/h3-5,8-9,15-17H,1-2,6-7,10-11H2,(H-,18,19,20)/p+1. The molecule has 1 rings (SSSR count). The largest absolute Gasteiger partial charge is 0.469 e. The first-order chi connectivity index (χ1) is 10.7. The summed E-state index contributed by atoms with van der Waals surface area (Å²) in [5, 5.41) is -1.20. The van der Waals surface area contributed by atoms with Crippen molar-refractivity contribution in [2.45, 2.75) is 30.6 Å². The first kappa shape index (κ1) is 20.7. The Hall–Kier alpha value is -0.300. The minimum Gasteiger partial charge on any atom is -0.317 e. The summed E-state index contributed by atoms with van der Waals surface area (Å²) in [6.07, 6.45) is 3.31. The summed E-state index contributed by atoms with van der Waals surface area (Å²) >= 11 is 1.77. The molecule has 130 valence electrons. The van der Waals surface area contributed by atoms with Crippen molar-refractivity contribution in [1.82, 2.24) is 0 Å². The molecule has 0 spiro atoms. The van der Waals surface area contributed by atoms with E-state index < -0.39 is 20.7 Å². The lowest BCUT2D eigenvalue weighted by Gasteiger charge is -2.08. The number of rotatable bonds is 10. The summed E-state index contributed by atoms with van der Waals surface area (Å²) < 4.78 is 11.0. The molecule has 0 saturated carbocycles. The third kappa shape index (κ3) is 8.94. The van der Waals surface area contributed by atoms with Crippen molar-refractivity contribution in [1.29, 1.82) is 0 Å². The van der Waals surface area contributed by atoms with Gasteiger partial charge in [-0.1, -0.05) is 31.0 Å². The van der Waals surface area contributed by atoms with Crippen LogP contribution in [0.15, 0.2) is 40.2 Å². The molecular weight excluding hydrogens is 360 g/mol. The van der Waals surface area contributed by atoms with E-state index in [0.717, 1.165) is 25.0 Å². The molecule has 0 bridgehead atoms. The van der Waals surface area contributed by atoms with E-state index in [2.05, 4.69) is 17.1 Å². The summed E-state index contributed by atoms with van der Waals surface area (Å²) in [7, 11) is -9.72. The van der Waals surface area contributed by atoms with Crippen LogP contribution in [0.3, 0.4) is 0 Å². The molecule has 0 aliphatic carbocycles. The fourth-order valence-electron chi connectivity index (χ4n) is 1.81. The van der Waals surface area contributed by atoms with Crippen molar-refractivity contribution < 1.29 is 29.0 Å². The summed E-state index contributed by atoms with van der Waals surface area (Å²) in [5.41, 5.74) is 0. The Bertz CT molecular complexity index is 543. The molecule has 23 heavy (non-hydrogen) atoms. The Labute approximate surface area is 140 Å². The second kappa shape index (κ2) is 9.87. The Morgan fingerprint density at radius 3 is 2.22 bits per heavy atom. The number of hydrogen-bond donors (Lipinski definition) is 5. The van der Waals surface area contributed by atoms with Crippen LogP contribution in [0.25, 0.3) is 0 Å². The number of nitrogens with zero attached hydrogens (tertiary/aromatic N) is 1. The SMILES string of the molecule is O=P(O)(O)C(=NCCCCCCSc1ccccc1)[P+](O)(O)O. The van der Waals surface area contributed by atoms with Gasteiger partial charge in [0, 0.05) is 11.4 Å². The van der Waals surface area contributed by atoms with Crippen molar-refractivity contribution in [3.63, 3.8) is 0 Å². The zero-order valence-corrected chi connectivity index (χ0v) is 15.1. The van der Waals surface area contributed by atoms with Gasteiger partial charge in [0.1, 0.15) is 0 Å². The number of hydrogen-bond acceptors (Lipinski definition) is 6. The quantitative estimate of drug-likeness (QED) is 0.182. The van der Waals surface area contributed by atoms with Crippen LogP contribution in [0.4, 0.5) is 0 Å². The maximum atomic E-state index is 11.0. The maximum absolute atomic E-state index is 11.0. The number of benzene rings is 1. The molecule has 0 fully saturated rings. The Morgan fingerprint density at radius 1 is 1.04 bits per heavy atom. The van der Waals surface area contributed by atoms with Gasteiger partial charge in [0.2, 0.25) is 0 Å². The molecule has 1 aromatic carbocycles. The molecule has 7 nitrogen and oxygen atoms in total.